The van der Waals surface area contributed by atoms with Gasteiger partial charge in [-0.2, -0.15) is 0 Å². The fraction of sp³-hybridized carbons (Fsp3) is 0.133. The van der Waals surface area contributed by atoms with Crippen molar-refractivity contribution in [3.63, 3.8) is 0 Å². The normalized spacial score (nSPS) is 10.7. The highest BCUT2D eigenvalue weighted by molar-refractivity contribution is 9.10. The predicted octanol–water partition coefficient (Wildman–Crippen LogP) is 3.74. The van der Waals surface area contributed by atoms with Crippen molar-refractivity contribution < 1.29 is 4.79 Å². The van der Waals surface area contributed by atoms with Gasteiger partial charge in [-0.3, -0.25) is 14.2 Å². The van der Waals surface area contributed by atoms with Gasteiger partial charge in [0.25, 0.3) is 0 Å². The topological polar surface area (TPSA) is 64.0 Å². The van der Waals surface area contributed by atoms with E-state index in [1.54, 1.807) is 12.3 Å². The lowest BCUT2D eigenvalue weighted by Crippen LogP contribution is -2.25. The van der Waals surface area contributed by atoms with E-state index in [0.29, 0.717) is 5.13 Å². The number of nitrogens with one attached hydrogen (secondary N) is 1. The van der Waals surface area contributed by atoms with E-state index in [-0.39, 0.29) is 17.3 Å². The van der Waals surface area contributed by atoms with Crippen LogP contribution in [0, 0.1) is 6.92 Å². The Morgan fingerprint density at radius 3 is 2.65 bits per heavy atom. The molecule has 0 aliphatic heterocycles. The largest absolute Gasteiger partial charge is 0.307 e. The molecule has 0 unspecified atom stereocenters. The lowest BCUT2D eigenvalue weighted by atomic mass is 10.2. The van der Waals surface area contributed by atoms with E-state index in [0.717, 1.165) is 32.8 Å². The summed E-state index contributed by atoms with van der Waals surface area (Å²) in [5.74, 6) is -0.259. The van der Waals surface area contributed by atoms with Crippen molar-refractivity contribution in [1.82, 2.24) is 9.55 Å². The summed E-state index contributed by atoms with van der Waals surface area (Å²) >= 11 is 5.84. The highest BCUT2D eigenvalue weighted by Crippen LogP contribution is 2.26. The van der Waals surface area contributed by atoms with Gasteiger partial charge in [0.1, 0.15) is 6.54 Å². The van der Waals surface area contributed by atoms with Crippen LogP contribution in [0.2, 0.25) is 0 Å². The molecule has 0 radical (unpaired) electrons. The molecule has 3 aromatic rings. The first-order chi connectivity index (χ1) is 11.0. The summed E-state index contributed by atoms with van der Waals surface area (Å²) in [5, 5.41) is 6.89. The van der Waals surface area contributed by atoms with E-state index in [1.807, 2.05) is 29.6 Å². The second-order valence-corrected chi connectivity index (χ2v) is 7.42. The number of halogens is 1. The number of anilines is 1. The van der Waals surface area contributed by atoms with E-state index in [2.05, 4.69) is 26.2 Å². The highest BCUT2D eigenvalue weighted by atomic mass is 79.9. The van der Waals surface area contributed by atoms with Gasteiger partial charge >= 0.3 is 4.87 Å². The quantitative estimate of drug-likeness (QED) is 0.713. The summed E-state index contributed by atoms with van der Waals surface area (Å²) in [4.78, 5) is 28.0. The summed E-state index contributed by atoms with van der Waals surface area (Å²) < 4.78 is 2.45. The summed E-state index contributed by atoms with van der Waals surface area (Å²) in [6.07, 6.45) is 0. The molecule has 0 aliphatic carbocycles. The van der Waals surface area contributed by atoms with E-state index in [4.69, 9.17) is 0 Å². The van der Waals surface area contributed by atoms with Crippen LogP contribution in [0.4, 0.5) is 5.13 Å². The monoisotopic (exact) mass is 409 g/mol. The van der Waals surface area contributed by atoms with Crippen molar-refractivity contribution in [3.8, 4) is 11.3 Å². The number of carbonyl (C=O) groups is 1. The third-order valence-electron chi connectivity index (χ3n) is 3.17. The second kappa shape index (κ2) is 6.77. The SMILES string of the molecule is Cc1csc(=O)n1CC(=O)Nc1nc(-c2ccc(Br)cc2)cs1. The maximum absolute atomic E-state index is 12.1. The molecule has 0 atom stereocenters. The Bertz CT molecular complexity index is 896. The molecule has 118 valence electrons. The van der Waals surface area contributed by atoms with Crippen LogP contribution in [0.1, 0.15) is 5.69 Å². The summed E-state index contributed by atoms with van der Waals surface area (Å²) in [6.45, 7) is 1.81. The average Bonchev–Trinajstić information content (AvgIpc) is 3.10. The molecule has 8 heteroatoms. The standard InChI is InChI=1S/C15H12BrN3O2S2/c1-9-7-23-15(21)19(9)6-13(20)18-14-17-12(8-22-14)10-2-4-11(16)5-3-10/h2-5,7-8H,6H2,1H3,(H,17,18,20). The van der Waals surface area contributed by atoms with Crippen LogP contribution in [0.5, 0.6) is 0 Å². The minimum atomic E-state index is -0.259. The van der Waals surface area contributed by atoms with Crippen LogP contribution in [0.3, 0.4) is 0 Å². The molecule has 5 nitrogen and oxygen atoms in total. The molecular weight excluding hydrogens is 398 g/mol. The lowest BCUT2D eigenvalue weighted by molar-refractivity contribution is -0.116. The smallest absolute Gasteiger partial charge is 0.300 e. The minimum absolute atomic E-state index is 0.00135. The maximum Gasteiger partial charge on any atom is 0.307 e. The number of aryl methyl sites for hydroxylation is 1. The number of thiazole rings is 2. The first-order valence-corrected chi connectivity index (χ1v) is 9.24. The van der Waals surface area contributed by atoms with Crippen LogP contribution in [0.25, 0.3) is 11.3 Å². The number of hydrogen-bond donors (Lipinski definition) is 1. The van der Waals surface area contributed by atoms with Crippen molar-refractivity contribution in [1.29, 1.82) is 0 Å². The number of aromatic nitrogens is 2. The molecule has 1 N–H and O–H groups in total. The summed E-state index contributed by atoms with van der Waals surface area (Å²) in [6, 6.07) is 7.80. The first kappa shape index (κ1) is 16.1. The molecule has 0 aliphatic rings. The van der Waals surface area contributed by atoms with Crippen molar-refractivity contribution >= 4 is 49.6 Å². The molecule has 3 rings (SSSR count). The molecule has 2 aromatic heterocycles. The predicted molar refractivity (Wildman–Crippen MR) is 97.2 cm³/mol. The number of carbonyl (C=O) groups excluding carboxylic acids is 1. The number of amides is 1. The van der Waals surface area contributed by atoms with Crippen LogP contribution in [-0.4, -0.2) is 15.5 Å². The van der Waals surface area contributed by atoms with Crippen LogP contribution in [0.15, 0.2) is 44.3 Å². The second-order valence-electron chi connectivity index (χ2n) is 4.82. The molecule has 0 bridgehead atoms. The average molecular weight is 410 g/mol. The van der Waals surface area contributed by atoms with Gasteiger partial charge in [-0.15, -0.1) is 11.3 Å². The van der Waals surface area contributed by atoms with Gasteiger partial charge in [0.15, 0.2) is 5.13 Å². The third kappa shape index (κ3) is 3.77. The number of rotatable bonds is 4. The fourth-order valence-electron chi connectivity index (χ4n) is 1.98. The molecular formula is C15H12BrN3O2S2. The van der Waals surface area contributed by atoms with E-state index < -0.39 is 0 Å². The van der Waals surface area contributed by atoms with E-state index in [1.165, 1.54) is 15.9 Å². The highest BCUT2D eigenvalue weighted by Gasteiger charge is 2.11. The molecule has 1 aromatic carbocycles. The van der Waals surface area contributed by atoms with Gasteiger partial charge in [0, 0.05) is 26.5 Å². The molecule has 0 saturated heterocycles. The van der Waals surface area contributed by atoms with Crippen molar-refractivity contribution in [2.45, 2.75) is 13.5 Å². The Labute approximate surface area is 148 Å². The number of hydrogen-bond acceptors (Lipinski definition) is 5. The maximum atomic E-state index is 12.1. The Kier molecular flexibility index (Phi) is 4.74. The van der Waals surface area contributed by atoms with E-state index >= 15 is 0 Å². The minimum Gasteiger partial charge on any atom is -0.300 e. The molecule has 2 heterocycles. The van der Waals surface area contributed by atoms with Gasteiger partial charge in [0.05, 0.1) is 5.69 Å². The van der Waals surface area contributed by atoms with Gasteiger partial charge in [0.2, 0.25) is 5.91 Å². The Morgan fingerprint density at radius 2 is 2.00 bits per heavy atom. The molecule has 0 spiro atoms. The van der Waals surface area contributed by atoms with Gasteiger partial charge in [-0.05, 0) is 19.1 Å². The zero-order chi connectivity index (χ0) is 16.4. The van der Waals surface area contributed by atoms with Gasteiger partial charge in [-0.25, -0.2) is 4.98 Å². The molecule has 1 amide bonds. The first-order valence-electron chi connectivity index (χ1n) is 6.69. The Morgan fingerprint density at radius 1 is 1.26 bits per heavy atom. The van der Waals surface area contributed by atoms with E-state index in [9.17, 15) is 9.59 Å². The molecule has 23 heavy (non-hydrogen) atoms. The fourth-order valence-corrected chi connectivity index (χ4v) is 3.72. The van der Waals surface area contributed by atoms with Gasteiger partial charge < -0.3 is 5.32 Å². The van der Waals surface area contributed by atoms with Crippen molar-refractivity contribution in [3.05, 3.63) is 54.9 Å². The molecule has 0 saturated carbocycles. The molecule has 0 fully saturated rings. The Balaban J connectivity index is 1.70. The van der Waals surface area contributed by atoms with Crippen LogP contribution < -0.4 is 10.2 Å². The Hall–Kier alpha value is -1.77. The van der Waals surface area contributed by atoms with Crippen LogP contribution in [-0.2, 0) is 11.3 Å². The van der Waals surface area contributed by atoms with Crippen molar-refractivity contribution in [2.24, 2.45) is 0 Å². The number of nitrogens with zero attached hydrogens (tertiary/aromatic N) is 2. The van der Waals surface area contributed by atoms with Gasteiger partial charge in [-0.1, -0.05) is 39.4 Å². The third-order valence-corrected chi connectivity index (χ3v) is 5.34. The van der Waals surface area contributed by atoms with Crippen LogP contribution >= 0.6 is 38.6 Å². The summed E-state index contributed by atoms with van der Waals surface area (Å²) in [5.41, 5.74) is 2.57. The zero-order valence-electron chi connectivity index (χ0n) is 12.1. The lowest BCUT2D eigenvalue weighted by Gasteiger charge is -2.04. The zero-order valence-corrected chi connectivity index (χ0v) is 15.3. The summed E-state index contributed by atoms with van der Waals surface area (Å²) in [7, 11) is 0. The van der Waals surface area contributed by atoms with Crippen molar-refractivity contribution in [2.75, 3.05) is 5.32 Å². The number of benzene rings is 1.